The minimum absolute atomic E-state index is 0.0350. The molecule has 0 spiro atoms. The molecular formula is C20H18N4O. The lowest BCUT2D eigenvalue weighted by molar-refractivity contribution is -0.121. The van der Waals surface area contributed by atoms with Crippen LogP contribution in [-0.2, 0) is 4.79 Å². The number of carbonyl (C=O) groups is 1. The van der Waals surface area contributed by atoms with Gasteiger partial charge in [-0.2, -0.15) is 5.10 Å². The van der Waals surface area contributed by atoms with Gasteiger partial charge in [0.15, 0.2) is 0 Å². The van der Waals surface area contributed by atoms with Crippen molar-refractivity contribution < 1.29 is 4.79 Å². The Bertz CT molecular complexity index is 985. The Balaban J connectivity index is 1.64. The van der Waals surface area contributed by atoms with Crippen molar-refractivity contribution in [3.63, 3.8) is 0 Å². The van der Waals surface area contributed by atoms with Crippen LogP contribution in [0.2, 0.25) is 0 Å². The summed E-state index contributed by atoms with van der Waals surface area (Å²) in [6, 6.07) is 16.1. The zero-order valence-corrected chi connectivity index (χ0v) is 13.9. The quantitative estimate of drug-likeness (QED) is 0.770. The summed E-state index contributed by atoms with van der Waals surface area (Å²) in [6.07, 6.45) is 4.46. The minimum Gasteiger partial charge on any atom is -0.338 e. The second kappa shape index (κ2) is 6.36. The fourth-order valence-corrected chi connectivity index (χ4v) is 3.01. The second-order valence-electron chi connectivity index (χ2n) is 6.24. The van der Waals surface area contributed by atoms with E-state index in [2.05, 4.69) is 20.5 Å². The predicted molar refractivity (Wildman–Crippen MR) is 99.9 cm³/mol. The third-order valence-corrected chi connectivity index (χ3v) is 4.29. The van der Waals surface area contributed by atoms with E-state index < -0.39 is 0 Å². The van der Waals surface area contributed by atoms with Gasteiger partial charge >= 0.3 is 0 Å². The number of nitrogens with one attached hydrogen (secondary N) is 2. The summed E-state index contributed by atoms with van der Waals surface area (Å²) in [7, 11) is 0. The highest BCUT2D eigenvalue weighted by molar-refractivity contribution is 6.07. The molecule has 5 nitrogen and oxygen atoms in total. The summed E-state index contributed by atoms with van der Waals surface area (Å²) in [4.78, 5) is 19.3. The van der Waals surface area contributed by atoms with E-state index in [1.165, 1.54) is 0 Å². The number of H-pyrrole nitrogens is 1. The van der Waals surface area contributed by atoms with Gasteiger partial charge in [0.1, 0.15) is 5.82 Å². The van der Waals surface area contributed by atoms with E-state index in [4.69, 9.17) is 0 Å². The molecule has 0 fully saturated rings. The number of aromatic nitrogens is 2. The van der Waals surface area contributed by atoms with E-state index in [1.54, 1.807) is 0 Å². The van der Waals surface area contributed by atoms with E-state index in [1.807, 2.05) is 67.6 Å². The molecule has 0 saturated heterocycles. The first-order chi connectivity index (χ1) is 12.2. The first kappa shape index (κ1) is 15.3. The van der Waals surface area contributed by atoms with Crippen LogP contribution in [0.1, 0.15) is 30.3 Å². The summed E-state index contributed by atoms with van der Waals surface area (Å²) in [5, 5.41) is 4.22. The van der Waals surface area contributed by atoms with Gasteiger partial charge in [0.05, 0.1) is 16.7 Å². The molecule has 1 aromatic heterocycles. The van der Waals surface area contributed by atoms with Crippen molar-refractivity contribution in [1.29, 1.82) is 0 Å². The lowest BCUT2D eigenvalue weighted by Gasteiger charge is -2.18. The van der Waals surface area contributed by atoms with Crippen LogP contribution in [0.5, 0.6) is 0 Å². The van der Waals surface area contributed by atoms with Crippen LogP contribution in [-0.4, -0.2) is 21.6 Å². The van der Waals surface area contributed by atoms with Crippen LogP contribution in [0.25, 0.3) is 23.2 Å². The summed E-state index contributed by atoms with van der Waals surface area (Å²) < 4.78 is 0. The average molecular weight is 330 g/mol. The first-order valence-electron chi connectivity index (χ1n) is 8.29. The summed E-state index contributed by atoms with van der Waals surface area (Å²) in [5.74, 6) is 0.877. The number of hydrogen-bond donors (Lipinski definition) is 2. The van der Waals surface area contributed by atoms with E-state index >= 15 is 0 Å². The molecule has 0 bridgehead atoms. The van der Waals surface area contributed by atoms with Gasteiger partial charge in [-0.25, -0.2) is 10.4 Å². The number of benzene rings is 2. The number of carbonyl (C=O) groups excluding carboxylic acids is 1. The zero-order valence-electron chi connectivity index (χ0n) is 13.9. The molecule has 2 N–H and O–H groups in total. The molecule has 2 heterocycles. The molecule has 1 amide bonds. The molecule has 1 atom stereocenters. The monoisotopic (exact) mass is 330 g/mol. The van der Waals surface area contributed by atoms with Crippen LogP contribution < -0.4 is 5.43 Å². The maximum Gasteiger partial charge on any atom is 0.240 e. The Kier molecular flexibility index (Phi) is 3.90. The fourth-order valence-electron chi connectivity index (χ4n) is 3.01. The SMILES string of the molecule is CC1CC(=O)NN=C1c1ccc2nc(C=Cc3ccccc3)[nH]c2c1. The molecule has 0 aliphatic carbocycles. The average Bonchev–Trinajstić information content (AvgIpc) is 3.03. The van der Waals surface area contributed by atoms with Gasteiger partial charge in [0.25, 0.3) is 0 Å². The molecule has 124 valence electrons. The number of hydrazone groups is 1. The van der Waals surface area contributed by atoms with E-state index in [0.29, 0.717) is 6.42 Å². The molecule has 4 rings (SSSR count). The van der Waals surface area contributed by atoms with Gasteiger partial charge in [-0.1, -0.05) is 49.4 Å². The molecule has 0 saturated carbocycles. The highest BCUT2D eigenvalue weighted by atomic mass is 16.2. The van der Waals surface area contributed by atoms with Crippen LogP contribution in [0, 0.1) is 5.92 Å². The lowest BCUT2D eigenvalue weighted by atomic mass is 9.94. The first-order valence-corrected chi connectivity index (χ1v) is 8.29. The third-order valence-electron chi connectivity index (χ3n) is 4.29. The number of rotatable bonds is 3. The van der Waals surface area contributed by atoms with Crippen molar-refractivity contribution in [3.05, 3.63) is 65.5 Å². The Morgan fingerprint density at radius 3 is 2.76 bits per heavy atom. The van der Waals surface area contributed by atoms with E-state index in [-0.39, 0.29) is 11.8 Å². The molecule has 0 radical (unpaired) electrons. The maximum atomic E-state index is 11.4. The zero-order chi connectivity index (χ0) is 17.2. The number of nitrogens with zero attached hydrogens (tertiary/aromatic N) is 2. The highest BCUT2D eigenvalue weighted by Gasteiger charge is 2.21. The van der Waals surface area contributed by atoms with Crippen LogP contribution in [0.4, 0.5) is 0 Å². The molecular weight excluding hydrogens is 312 g/mol. The Morgan fingerprint density at radius 1 is 1.12 bits per heavy atom. The molecule has 1 aliphatic rings. The molecule has 25 heavy (non-hydrogen) atoms. The Morgan fingerprint density at radius 2 is 1.96 bits per heavy atom. The predicted octanol–water partition coefficient (Wildman–Crippen LogP) is 3.59. The summed E-state index contributed by atoms with van der Waals surface area (Å²) in [5.41, 5.74) is 7.46. The van der Waals surface area contributed by atoms with E-state index in [9.17, 15) is 4.79 Å². The van der Waals surface area contributed by atoms with Crippen LogP contribution in [0.3, 0.4) is 0 Å². The van der Waals surface area contributed by atoms with Gasteiger partial charge in [-0.05, 0) is 23.8 Å². The normalized spacial score (nSPS) is 17.7. The minimum atomic E-state index is -0.0350. The Labute approximate surface area is 145 Å². The fraction of sp³-hybridized carbons (Fsp3) is 0.150. The van der Waals surface area contributed by atoms with Gasteiger partial charge in [0.2, 0.25) is 5.91 Å². The van der Waals surface area contributed by atoms with E-state index in [0.717, 1.165) is 33.7 Å². The number of aromatic amines is 1. The van der Waals surface area contributed by atoms with Crippen molar-refractivity contribution in [1.82, 2.24) is 15.4 Å². The van der Waals surface area contributed by atoms with Crippen molar-refractivity contribution in [2.75, 3.05) is 0 Å². The standard InChI is InChI=1S/C20H18N4O/c1-13-11-19(25)23-24-20(13)15-8-9-16-17(12-15)22-18(21-16)10-7-14-5-3-2-4-6-14/h2-10,12-13H,11H2,1H3,(H,21,22)(H,23,25). The molecule has 2 aromatic carbocycles. The number of amides is 1. The number of fused-ring (bicyclic) bond motifs is 1. The van der Waals surface area contributed by atoms with Gasteiger partial charge in [-0.15, -0.1) is 0 Å². The maximum absolute atomic E-state index is 11.4. The number of imidazole rings is 1. The lowest BCUT2D eigenvalue weighted by Crippen LogP contribution is -2.31. The van der Waals surface area contributed by atoms with Gasteiger partial charge < -0.3 is 4.98 Å². The highest BCUT2D eigenvalue weighted by Crippen LogP contribution is 2.21. The summed E-state index contributed by atoms with van der Waals surface area (Å²) in [6.45, 7) is 2.02. The molecule has 3 aromatic rings. The molecule has 1 aliphatic heterocycles. The second-order valence-corrected chi connectivity index (χ2v) is 6.24. The Hall–Kier alpha value is -3.21. The van der Waals surface area contributed by atoms with Crippen molar-refractivity contribution >= 4 is 34.8 Å². The summed E-state index contributed by atoms with van der Waals surface area (Å²) >= 11 is 0. The number of hydrogen-bond acceptors (Lipinski definition) is 3. The van der Waals surface area contributed by atoms with Crippen molar-refractivity contribution in [3.8, 4) is 0 Å². The third kappa shape index (κ3) is 3.21. The molecule has 1 unspecified atom stereocenters. The van der Waals surface area contributed by atoms with Crippen LogP contribution in [0.15, 0.2) is 53.6 Å². The smallest absolute Gasteiger partial charge is 0.240 e. The molecule has 5 heteroatoms. The largest absolute Gasteiger partial charge is 0.338 e. The van der Waals surface area contributed by atoms with Gasteiger partial charge in [-0.3, -0.25) is 4.79 Å². The van der Waals surface area contributed by atoms with Crippen molar-refractivity contribution in [2.24, 2.45) is 11.0 Å². The van der Waals surface area contributed by atoms with Crippen molar-refractivity contribution in [2.45, 2.75) is 13.3 Å². The van der Waals surface area contributed by atoms with Crippen LogP contribution >= 0.6 is 0 Å². The van der Waals surface area contributed by atoms with Gasteiger partial charge in [0, 0.05) is 17.9 Å². The topological polar surface area (TPSA) is 70.1 Å².